The fraction of sp³-hybridized carbons (Fsp3) is 0.500. The number of nitrogens with zero attached hydrogens (tertiary/aromatic N) is 1. The van der Waals surface area contributed by atoms with Crippen molar-refractivity contribution < 1.29 is 28.7 Å². The Balaban J connectivity index is 1.99. The number of methoxy groups -OCH3 is 1. The van der Waals surface area contributed by atoms with E-state index >= 15 is 0 Å². The van der Waals surface area contributed by atoms with Crippen LogP contribution in [0.5, 0.6) is 5.75 Å². The fourth-order valence-electron chi connectivity index (χ4n) is 3.59. The molecule has 9 nitrogen and oxygen atoms in total. The van der Waals surface area contributed by atoms with Crippen LogP contribution in [-0.2, 0) is 9.59 Å². The van der Waals surface area contributed by atoms with Gasteiger partial charge in [0.25, 0.3) is 5.91 Å². The third-order valence-corrected chi connectivity index (χ3v) is 5.25. The zero-order valence-electron chi connectivity index (χ0n) is 18.2. The number of carbonyl (C=O) groups excluding carboxylic acids is 3. The van der Waals surface area contributed by atoms with Gasteiger partial charge < -0.3 is 19.8 Å². The van der Waals surface area contributed by atoms with Gasteiger partial charge >= 0.3 is 0 Å². The number of benzene rings is 1. The number of nitrogens with one attached hydrogen (secondary N) is 2. The molecule has 170 valence electrons. The van der Waals surface area contributed by atoms with Gasteiger partial charge in [0.15, 0.2) is 17.1 Å². The zero-order valence-corrected chi connectivity index (χ0v) is 18.2. The van der Waals surface area contributed by atoms with E-state index in [4.69, 9.17) is 9.15 Å². The van der Waals surface area contributed by atoms with Crippen LogP contribution in [0.4, 0.5) is 0 Å². The second-order valence-corrected chi connectivity index (χ2v) is 7.28. The predicted octanol–water partition coefficient (Wildman–Crippen LogP) is 3.07. The van der Waals surface area contributed by atoms with Crippen molar-refractivity contribution in [2.24, 2.45) is 5.92 Å². The van der Waals surface area contributed by atoms with Crippen molar-refractivity contribution in [3.8, 4) is 5.75 Å². The van der Waals surface area contributed by atoms with Gasteiger partial charge in [-0.3, -0.25) is 19.6 Å². The summed E-state index contributed by atoms with van der Waals surface area (Å²) < 4.78 is 10.8. The van der Waals surface area contributed by atoms with Crippen LogP contribution in [0.25, 0.3) is 11.0 Å². The maximum absolute atomic E-state index is 12.7. The number of furan rings is 1. The third kappa shape index (κ3) is 6.21. The molecule has 0 unspecified atom stereocenters. The van der Waals surface area contributed by atoms with Crippen molar-refractivity contribution in [2.45, 2.75) is 52.0 Å². The van der Waals surface area contributed by atoms with Crippen molar-refractivity contribution in [1.82, 2.24) is 15.7 Å². The highest BCUT2D eigenvalue weighted by molar-refractivity contribution is 5.97. The second-order valence-electron chi connectivity index (χ2n) is 7.28. The minimum absolute atomic E-state index is 0.0992. The molecule has 3 amide bonds. The fourth-order valence-corrected chi connectivity index (χ4v) is 3.59. The van der Waals surface area contributed by atoms with E-state index in [2.05, 4.69) is 17.6 Å². The van der Waals surface area contributed by atoms with Crippen molar-refractivity contribution in [1.29, 1.82) is 0 Å². The molecule has 0 aliphatic rings. The van der Waals surface area contributed by atoms with E-state index in [1.807, 2.05) is 0 Å². The normalized spacial score (nSPS) is 12.8. The first-order valence-corrected chi connectivity index (χ1v) is 10.5. The van der Waals surface area contributed by atoms with E-state index < -0.39 is 17.9 Å². The summed E-state index contributed by atoms with van der Waals surface area (Å²) in [5, 5.41) is 16.4. The van der Waals surface area contributed by atoms with Crippen LogP contribution < -0.4 is 15.4 Å². The van der Waals surface area contributed by atoms with Crippen LogP contribution in [-0.4, -0.2) is 48.3 Å². The largest absolute Gasteiger partial charge is 0.493 e. The van der Waals surface area contributed by atoms with E-state index in [1.165, 1.54) is 7.11 Å². The van der Waals surface area contributed by atoms with Gasteiger partial charge in [0.1, 0.15) is 0 Å². The Bertz CT molecular complexity index is 881. The van der Waals surface area contributed by atoms with Crippen molar-refractivity contribution in [3.63, 3.8) is 0 Å². The molecule has 0 aliphatic heterocycles. The molecule has 0 saturated heterocycles. The zero-order chi connectivity index (χ0) is 22.8. The van der Waals surface area contributed by atoms with Crippen LogP contribution >= 0.6 is 0 Å². The Morgan fingerprint density at radius 1 is 1.26 bits per heavy atom. The number of hydrogen-bond acceptors (Lipinski definition) is 6. The summed E-state index contributed by atoms with van der Waals surface area (Å²) in [4.78, 5) is 36.2. The molecule has 2 atom stereocenters. The topological polar surface area (TPSA) is 121 Å². The number of rotatable bonds is 13. The van der Waals surface area contributed by atoms with Gasteiger partial charge in [0.2, 0.25) is 12.3 Å². The maximum Gasteiger partial charge on any atom is 0.288 e. The first-order valence-electron chi connectivity index (χ1n) is 10.5. The van der Waals surface area contributed by atoms with Gasteiger partial charge in [0, 0.05) is 5.39 Å². The lowest BCUT2D eigenvalue weighted by Gasteiger charge is -2.29. The molecule has 0 bridgehead atoms. The van der Waals surface area contributed by atoms with Crippen molar-refractivity contribution >= 4 is 29.2 Å². The molecule has 3 N–H and O–H groups in total. The Labute approximate surface area is 181 Å². The van der Waals surface area contributed by atoms with Crippen LogP contribution in [0.1, 0.15) is 56.5 Å². The molecule has 0 spiro atoms. The molecule has 2 aromatic rings. The summed E-state index contributed by atoms with van der Waals surface area (Å²) >= 11 is 0. The average Bonchev–Trinajstić information content (AvgIpc) is 3.22. The molecule has 2 rings (SSSR count). The van der Waals surface area contributed by atoms with E-state index in [-0.39, 0.29) is 18.3 Å². The molecule has 0 fully saturated rings. The number of ether oxygens (including phenoxy) is 1. The minimum Gasteiger partial charge on any atom is -0.493 e. The first kappa shape index (κ1) is 24.2. The molecule has 1 aromatic carbocycles. The lowest BCUT2D eigenvalue weighted by molar-refractivity contribution is -0.168. The molecule has 0 saturated carbocycles. The molecular formula is C22H31N3O6. The minimum atomic E-state index is -0.632. The van der Waals surface area contributed by atoms with Crippen LogP contribution in [0, 0.1) is 5.92 Å². The molecule has 31 heavy (non-hydrogen) atoms. The monoisotopic (exact) mass is 433 g/mol. The van der Waals surface area contributed by atoms with Gasteiger partial charge in [-0.05, 0) is 25.0 Å². The van der Waals surface area contributed by atoms with Crippen LogP contribution in [0.2, 0.25) is 0 Å². The van der Waals surface area contributed by atoms with Gasteiger partial charge in [-0.25, -0.2) is 5.06 Å². The van der Waals surface area contributed by atoms with Gasteiger partial charge in [-0.1, -0.05) is 45.2 Å². The summed E-state index contributed by atoms with van der Waals surface area (Å²) in [6.07, 6.45) is 3.99. The molecule has 0 aliphatic carbocycles. The summed E-state index contributed by atoms with van der Waals surface area (Å²) in [5.41, 5.74) is 0.470. The maximum atomic E-state index is 12.7. The molecular weight excluding hydrogens is 402 g/mol. The predicted molar refractivity (Wildman–Crippen MR) is 115 cm³/mol. The number of hydrogen-bond donors (Lipinski definition) is 3. The number of fused-ring (bicyclic) bond motifs is 1. The Hall–Kier alpha value is -3.07. The second kappa shape index (κ2) is 11.9. The highest BCUT2D eigenvalue weighted by Crippen LogP contribution is 2.28. The van der Waals surface area contributed by atoms with Crippen LogP contribution in [0.15, 0.2) is 28.7 Å². The molecule has 0 radical (unpaired) electrons. The number of amides is 3. The Morgan fingerprint density at radius 3 is 2.68 bits per heavy atom. The van der Waals surface area contributed by atoms with Crippen molar-refractivity contribution in [2.75, 3.05) is 13.8 Å². The van der Waals surface area contributed by atoms with Crippen LogP contribution in [0.3, 0.4) is 0 Å². The van der Waals surface area contributed by atoms with E-state index in [0.717, 1.165) is 24.6 Å². The Kier molecular flexibility index (Phi) is 9.33. The standard InChI is InChI=1S/C22H31N3O6/c1-4-6-7-10-16(17(5-2)25(29)14-26)21(27)23-13-24-22(28)19-12-15-9-8-11-18(30-3)20(15)31-19/h8-9,11-12,14,16-17,29H,4-7,10,13H2,1-3H3,(H,23,27)(H,24,28)/t16-,17+/m1/s1. The molecule has 9 heteroatoms. The SMILES string of the molecule is CCCCC[C@@H](C(=O)NCNC(=O)c1cc2cccc(OC)c2o1)[C@H](CC)N(O)C=O. The van der Waals surface area contributed by atoms with E-state index in [0.29, 0.717) is 35.6 Å². The summed E-state index contributed by atoms with van der Waals surface area (Å²) in [6.45, 7) is 3.74. The lowest BCUT2D eigenvalue weighted by atomic mass is 9.90. The lowest BCUT2D eigenvalue weighted by Crippen LogP contribution is -2.47. The highest BCUT2D eigenvalue weighted by Gasteiger charge is 2.30. The highest BCUT2D eigenvalue weighted by atomic mass is 16.5. The number of para-hydroxylation sites is 1. The Morgan fingerprint density at radius 2 is 2.03 bits per heavy atom. The summed E-state index contributed by atoms with van der Waals surface area (Å²) in [7, 11) is 1.52. The van der Waals surface area contributed by atoms with Gasteiger partial charge in [-0.15, -0.1) is 0 Å². The number of unbranched alkanes of at least 4 members (excludes halogenated alkanes) is 2. The van der Waals surface area contributed by atoms with Gasteiger partial charge in [-0.2, -0.15) is 0 Å². The quantitative estimate of drug-likeness (QED) is 0.147. The van der Waals surface area contributed by atoms with Gasteiger partial charge in [0.05, 0.1) is 25.7 Å². The molecule has 1 heterocycles. The van der Waals surface area contributed by atoms with E-state index in [9.17, 15) is 19.6 Å². The number of hydroxylamine groups is 2. The smallest absolute Gasteiger partial charge is 0.288 e. The summed E-state index contributed by atoms with van der Waals surface area (Å²) in [6, 6.07) is 6.31. The first-order chi connectivity index (χ1) is 15.0. The average molecular weight is 434 g/mol. The summed E-state index contributed by atoms with van der Waals surface area (Å²) in [5.74, 6) is -0.782. The van der Waals surface area contributed by atoms with Crippen molar-refractivity contribution in [3.05, 3.63) is 30.0 Å². The third-order valence-electron chi connectivity index (χ3n) is 5.25. The van der Waals surface area contributed by atoms with E-state index in [1.54, 1.807) is 31.2 Å². The number of carbonyl (C=O) groups is 3. The molecule has 1 aromatic heterocycles.